The van der Waals surface area contributed by atoms with Gasteiger partial charge in [-0.05, 0) is 67.1 Å². The number of benzene rings is 1. The summed E-state index contributed by atoms with van der Waals surface area (Å²) in [6, 6.07) is 3.59. The van der Waals surface area contributed by atoms with Crippen molar-refractivity contribution >= 4 is 46.0 Å². The number of carbonyl (C=O) groups excluding carboxylic acids is 5. The number of sulfonamides is 1. The van der Waals surface area contributed by atoms with E-state index in [1.165, 1.54) is 11.0 Å². The molecule has 3 fully saturated rings. The molecule has 1 aromatic rings. The highest BCUT2D eigenvalue weighted by atomic mass is 32.2. The van der Waals surface area contributed by atoms with E-state index in [1.807, 2.05) is 30.4 Å². The van der Waals surface area contributed by atoms with Gasteiger partial charge in [-0.2, -0.15) is 0 Å². The molecule has 1 aromatic carbocycles. The Bertz CT molecular complexity index is 1750. The minimum Gasteiger partial charge on any atom is -0.450 e. The van der Waals surface area contributed by atoms with Crippen molar-refractivity contribution in [2.45, 2.75) is 108 Å². The summed E-state index contributed by atoms with van der Waals surface area (Å²) in [5.74, 6) is -2.79. The van der Waals surface area contributed by atoms with E-state index < -0.39 is 80.4 Å². The summed E-state index contributed by atoms with van der Waals surface area (Å²) < 4.78 is 38.9. The van der Waals surface area contributed by atoms with Crippen LogP contribution in [0.1, 0.15) is 82.4 Å². The number of carbonyl (C=O) groups is 5. The van der Waals surface area contributed by atoms with Crippen molar-refractivity contribution in [3.63, 3.8) is 0 Å². The van der Waals surface area contributed by atoms with E-state index in [4.69, 9.17) is 9.47 Å². The fourth-order valence-electron chi connectivity index (χ4n) is 7.11. The molecular weight excluding hydrogens is 678 g/mol. The highest BCUT2D eigenvalue weighted by Gasteiger charge is 2.62. The van der Waals surface area contributed by atoms with E-state index in [1.54, 1.807) is 25.7 Å². The van der Waals surface area contributed by atoms with Crippen molar-refractivity contribution in [1.82, 2.24) is 25.2 Å². The zero-order valence-electron chi connectivity index (χ0n) is 29.3. The normalized spacial score (nSPS) is 29.3. The number of allylic oxidation sites excluding steroid dienone is 1. The predicted molar refractivity (Wildman–Crippen MR) is 186 cm³/mol. The van der Waals surface area contributed by atoms with Crippen molar-refractivity contribution < 1.29 is 41.9 Å². The number of alkyl carbamates (subject to hydrolysis) is 1. The molecule has 0 aromatic heterocycles. The molecule has 2 aliphatic carbocycles. The van der Waals surface area contributed by atoms with Crippen LogP contribution in [0.25, 0.3) is 6.08 Å². The highest BCUT2D eigenvalue weighted by Crippen LogP contribution is 2.46. The maximum atomic E-state index is 14.6. The molecule has 5 aliphatic rings. The largest absolute Gasteiger partial charge is 0.450 e. The Kier molecular flexibility index (Phi) is 9.96. The van der Waals surface area contributed by atoms with E-state index in [-0.39, 0.29) is 25.9 Å². The van der Waals surface area contributed by atoms with Gasteiger partial charge >= 0.3 is 12.2 Å². The lowest BCUT2D eigenvalue weighted by molar-refractivity contribution is -0.151. The van der Waals surface area contributed by atoms with E-state index in [0.717, 1.165) is 16.7 Å². The van der Waals surface area contributed by atoms with Crippen LogP contribution in [0.3, 0.4) is 0 Å². The van der Waals surface area contributed by atoms with Crippen molar-refractivity contribution in [3.05, 3.63) is 53.6 Å². The van der Waals surface area contributed by atoms with Gasteiger partial charge in [0.1, 0.15) is 17.6 Å². The van der Waals surface area contributed by atoms with Crippen LogP contribution in [0.5, 0.6) is 0 Å². The Morgan fingerprint density at radius 1 is 1.12 bits per heavy atom. The van der Waals surface area contributed by atoms with Crippen molar-refractivity contribution in [2.75, 3.05) is 13.2 Å². The van der Waals surface area contributed by atoms with E-state index in [0.29, 0.717) is 45.2 Å². The number of nitrogens with zero attached hydrogens (tertiary/aromatic N) is 2. The zero-order valence-corrected chi connectivity index (χ0v) is 30.1. The van der Waals surface area contributed by atoms with Crippen molar-refractivity contribution in [1.29, 1.82) is 0 Å². The minimum absolute atomic E-state index is 0.0748. The van der Waals surface area contributed by atoms with Gasteiger partial charge in [0.05, 0.1) is 11.9 Å². The molecule has 3 N–H and O–H groups in total. The molecule has 1 saturated heterocycles. The summed E-state index contributed by atoms with van der Waals surface area (Å²) in [6.07, 6.45) is 5.84. The second-order valence-electron chi connectivity index (χ2n) is 15.1. The average molecular weight is 726 g/mol. The van der Waals surface area contributed by atoms with Gasteiger partial charge in [0, 0.05) is 25.4 Å². The van der Waals surface area contributed by atoms with E-state index in [2.05, 4.69) is 21.9 Å². The molecule has 15 heteroatoms. The van der Waals surface area contributed by atoms with Crippen LogP contribution in [0.4, 0.5) is 9.59 Å². The number of amides is 5. The van der Waals surface area contributed by atoms with Crippen LogP contribution in [-0.2, 0) is 46.8 Å². The number of rotatable bonds is 6. The molecular formula is C36H47N5O9S. The third kappa shape index (κ3) is 7.63. The van der Waals surface area contributed by atoms with Crippen molar-refractivity contribution in [2.24, 2.45) is 11.3 Å². The van der Waals surface area contributed by atoms with Crippen LogP contribution in [-0.4, -0.2) is 90.4 Å². The topological polar surface area (TPSA) is 181 Å². The second-order valence-corrected chi connectivity index (χ2v) is 17.1. The molecule has 6 rings (SSSR count). The first-order chi connectivity index (χ1) is 24.1. The Labute approximate surface area is 298 Å². The van der Waals surface area contributed by atoms with E-state index >= 15 is 0 Å². The molecule has 3 aliphatic heterocycles. The summed E-state index contributed by atoms with van der Waals surface area (Å²) in [7, 11) is -3.91. The second kappa shape index (κ2) is 14.0. The Hall–Kier alpha value is -4.40. The minimum atomic E-state index is -3.91. The first-order valence-electron chi connectivity index (χ1n) is 17.6. The fourth-order valence-corrected chi connectivity index (χ4v) is 8.47. The monoisotopic (exact) mass is 725 g/mol. The van der Waals surface area contributed by atoms with E-state index in [9.17, 15) is 32.4 Å². The maximum Gasteiger partial charge on any atom is 0.412 e. The number of hydrogen-bond acceptors (Lipinski definition) is 9. The third-order valence-electron chi connectivity index (χ3n) is 10.4. The molecule has 5 atom stereocenters. The van der Waals surface area contributed by atoms with Crippen LogP contribution < -0.4 is 15.4 Å². The first kappa shape index (κ1) is 36.4. The maximum absolute atomic E-state index is 14.6. The molecule has 276 valence electrons. The van der Waals surface area contributed by atoms with Gasteiger partial charge in [0.15, 0.2) is 6.23 Å². The number of ether oxygens (including phenoxy) is 2. The van der Waals surface area contributed by atoms with Gasteiger partial charge in [-0.15, -0.1) is 6.58 Å². The molecule has 51 heavy (non-hydrogen) atoms. The van der Waals surface area contributed by atoms with Crippen LogP contribution in [0.15, 0.2) is 36.9 Å². The number of fused-ring (bicyclic) bond motifs is 2. The van der Waals surface area contributed by atoms with Gasteiger partial charge in [0.2, 0.25) is 21.8 Å². The summed E-state index contributed by atoms with van der Waals surface area (Å²) in [4.78, 5) is 71.6. The summed E-state index contributed by atoms with van der Waals surface area (Å²) >= 11 is 0. The SMILES string of the molecule is C=C[C@@H]1C[C@@]1(NC(=O)[C@@H]1CC[C@H]2OC(=O)N3CCc4cccc(c4C3)/C=C/CCCOC(=O)N[C@@H](C(C)(C)C)C(=O)N21)C(=O)NS(=O)(=O)C1CC1. The average Bonchev–Trinajstić information content (AvgIpc) is 4.00. The van der Waals surface area contributed by atoms with Gasteiger partial charge in [-0.1, -0.05) is 57.2 Å². The molecule has 5 amide bonds. The lowest BCUT2D eigenvalue weighted by Gasteiger charge is -2.38. The molecule has 2 bridgehead atoms. The smallest absolute Gasteiger partial charge is 0.412 e. The molecule has 0 radical (unpaired) electrons. The molecule has 0 unspecified atom stereocenters. The summed E-state index contributed by atoms with van der Waals surface area (Å²) in [6.45, 7) is 9.80. The quantitative estimate of drug-likeness (QED) is 0.372. The number of cyclic esters (lactones) is 1. The first-order valence-corrected chi connectivity index (χ1v) is 19.2. The number of nitrogens with one attached hydrogen (secondary N) is 3. The van der Waals surface area contributed by atoms with Crippen LogP contribution in [0.2, 0.25) is 0 Å². The van der Waals surface area contributed by atoms with Gasteiger partial charge in [-0.3, -0.25) is 24.0 Å². The molecule has 14 nitrogen and oxygen atoms in total. The molecule has 0 spiro atoms. The summed E-state index contributed by atoms with van der Waals surface area (Å²) in [5.41, 5.74) is 0.639. The van der Waals surface area contributed by atoms with Gasteiger partial charge in [-0.25, -0.2) is 18.0 Å². The van der Waals surface area contributed by atoms with Crippen LogP contribution >= 0.6 is 0 Å². The van der Waals surface area contributed by atoms with Gasteiger partial charge < -0.3 is 25.0 Å². The molecule has 3 heterocycles. The Morgan fingerprint density at radius 2 is 1.88 bits per heavy atom. The van der Waals surface area contributed by atoms with Crippen LogP contribution in [0, 0.1) is 11.3 Å². The Balaban J connectivity index is 1.30. The highest BCUT2D eigenvalue weighted by molar-refractivity contribution is 7.91. The molecule has 2 saturated carbocycles. The van der Waals surface area contributed by atoms with Crippen molar-refractivity contribution in [3.8, 4) is 0 Å². The third-order valence-corrected chi connectivity index (χ3v) is 12.2. The lowest BCUT2D eigenvalue weighted by Crippen LogP contribution is -2.62. The number of hydrogen-bond donors (Lipinski definition) is 3. The Morgan fingerprint density at radius 3 is 2.57 bits per heavy atom. The standard InChI is InChI=1S/C36H47N5O9S/c1-5-24-20-36(24,32(44)39-51(47,48)25-13-14-25)38-30(42)27-15-16-28-41(27)31(43)29(35(2,3)4)37-33(45)49-19-8-6-7-10-22-11-9-12-23-17-18-40(21-26(22)23)34(46)50-28/h5,7,9-12,24-25,27-29H,1,6,8,13-21H2,2-4H3,(H,37,45)(H,38,42)(H,39,44)/b10-7+/t24-,27+,28-,29-,36+/m1/s1. The van der Waals surface area contributed by atoms with Gasteiger partial charge in [0.25, 0.3) is 5.91 Å². The zero-order chi connectivity index (χ0) is 36.7. The lowest BCUT2D eigenvalue weighted by atomic mass is 9.85. The fraction of sp³-hybridized carbons (Fsp3) is 0.583. The summed E-state index contributed by atoms with van der Waals surface area (Å²) in [5, 5.41) is 4.76. The predicted octanol–water partition coefficient (Wildman–Crippen LogP) is 3.12.